The second kappa shape index (κ2) is 5.13. The first-order valence-corrected chi connectivity index (χ1v) is 6.60. The fourth-order valence-corrected chi connectivity index (χ4v) is 2.28. The molecular weight excluding hydrogens is 210 g/mol. The van der Waals surface area contributed by atoms with Crippen molar-refractivity contribution in [2.45, 2.75) is 53.0 Å². The molecule has 1 aromatic rings. The molecule has 1 unspecified atom stereocenters. The quantitative estimate of drug-likeness (QED) is 0.848. The highest BCUT2D eigenvalue weighted by Crippen LogP contribution is 2.20. The number of aromatic nitrogens is 2. The Morgan fingerprint density at radius 3 is 2.29 bits per heavy atom. The van der Waals surface area contributed by atoms with E-state index in [-0.39, 0.29) is 0 Å². The Bertz CT molecular complexity index is 373. The van der Waals surface area contributed by atoms with Crippen molar-refractivity contribution in [2.24, 2.45) is 5.92 Å². The van der Waals surface area contributed by atoms with Gasteiger partial charge in [0.15, 0.2) is 0 Å². The summed E-state index contributed by atoms with van der Waals surface area (Å²) < 4.78 is 0. The molecule has 0 spiro atoms. The first-order valence-electron chi connectivity index (χ1n) is 6.60. The normalized spacial score (nSPS) is 17.2. The van der Waals surface area contributed by atoms with Crippen LogP contribution in [0.4, 0.5) is 0 Å². The van der Waals surface area contributed by atoms with Crippen LogP contribution in [0, 0.1) is 26.7 Å². The topological polar surface area (TPSA) is 37.8 Å². The van der Waals surface area contributed by atoms with Crippen LogP contribution in [0.2, 0.25) is 0 Å². The Morgan fingerprint density at radius 1 is 1.18 bits per heavy atom. The molecule has 0 radical (unpaired) electrons. The van der Waals surface area contributed by atoms with Gasteiger partial charge in [-0.05, 0) is 58.1 Å². The maximum absolute atomic E-state index is 4.46. The molecule has 1 atom stereocenters. The first kappa shape index (κ1) is 12.5. The molecule has 1 aliphatic carbocycles. The molecule has 0 aliphatic heterocycles. The van der Waals surface area contributed by atoms with Crippen LogP contribution in [0.15, 0.2) is 0 Å². The average Bonchev–Trinajstić information content (AvgIpc) is 3.04. The van der Waals surface area contributed by atoms with Gasteiger partial charge >= 0.3 is 0 Å². The maximum Gasteiger partial charge on any atom is 0.125 e. The molecule has 3 nitrogen and oxygen atoms in total. The van der Waals surface area contributed by atoms with Crippen LogP contribution in [-0.2, 0) is 6.42 Å². The smallest absolute Gasteiger partial charge is 0.125 e. The van der Waals surface area contributed by atoms with Gasteiger partial charge in [-0.15, -0.1) is 0 Å². The highest BCUT2D eigenvalue weighted by atomic mass is 14.9. The van der Waals surface area contributed by atoms with Gasteiger partial charge in [-0.25, -0.2) is 9.97 Å². The summed E-state index contributed by atoms with van der Waals surface area (Å²) in [7, 11) is 0. The standard InChI is InChI=1S/C14H23N3/c1-9(8-15-13-5-6-13)7-14-10(2)16-12(4)17-11(14)3/h9,13,15H,5-8H2,1-4H3. The molecule has 17 heavy (non-hydrogen) atoms. The number of aryl methyl sites for hydroxylation is 3. The lowest BCUT2D eigenvalue weighted by molar-refractivity contribution is 0.505. The highest BCUT2D eigenvalue weighted by Gasteiger charge is 2.21. The van der Waals surface area contributed by atoms with Gasteiger partial charge < -0.3 is 5.32 Å². The molecule has 3 heteroatoms. The third-order valence-corrected chi connectivity index (χ3v) is 3.42. The van der Waals surface area contributed by atoms with Gasteiger partial charge in [0.2, 0.25) is 0 Å². The van der Waals surface area contributed by atoms with E-state index in [1.165, 1.54) is 18.4 Å². The second-order valence-electron chi connectivity index (χ2n) is 5.41. The van der Waals surface area contributed by atoms with E-state index in [0.29, 0.717) is 5.92 Å². The summed E-state index contributed by atoms with van der Waals surface area (Å²) in [6, 6.07) is 0.800. The van der Waals surface area contributed by atoms with Crippen LogP contribution in [0.1, 0.15) is 42.5 Å². The summed E-state index contributed by atoms with van der Waals surface area (Å²) in [5.41, 5.74) is 3.63. The molecule has 1 heterocycles. The van der Waals surface area contributed by atoms with Crippen LogP contribution >= 0.6 is 0 Å². The van der Waals surface area contributed by atoms with Gasteiger partial charge in [0.1, 0.15) is 5.82 Å². The highest BCUT2D eigenvalue weighted by molar-refractivity contribution is 5.24. The van der Waals surface area contributed by atoms with Crippen molar-refractivity contribution in [3.05, 3.63) is 22.8 Å². The van der Waals surface area contributed by atoms with Crippen molar-refractivity contribution in [3.8, 4) is 0 Å². The largest absolute Gasteiger partial charge is 0.314 e. The minimum absolute atomic E-state index is 0.652. The van der Waals surface area contributed by atoms with E-state index >= 15 is 0 Å². The van der Waals surface area contributed by atoms with E-state index < -0.39 is 0 Å². The molecule has 1 aromatic heterocycles. The van der Waals surface area contributed by atoms with Crippen molar-refractivity contribution >= 4 is 0 Å². The van der Waals surface area contributed by atoms with Crippen molar-refractivity contribution in [1.82, 2.24) is 15.3 Å². The van der Waals surface area contributed by atoms with Crippen LogP contribution in [0.3, 0.4) is 0 Å². The lowest BCUT2D eigenvalue weighted by Gasteiger charge is -2.15. The summed E-state index contributed by atoms with van der Waals surface area (Å²) in [6.45, 7) is 9.56. The number of hydrogen-bond donors (Lipinski definition) is 1. The molecule has 94 valence electrons. The third-order valence-electron chi connectivity index (χ3n) is 3.42. The van der Waals surface area contributed by atoms with Crippen LogP contribution < -0.4 is 5.32 Å². The van der Waals surface area contributed by atoms with E-state index in [4.69, 9.17) is 0 Å². The number of hydrogen-bond acceptors (Lipinski definition) is 3. The zero-order chi connectivity index (χ0) is 12.4. The van der Waals surface area contributed by atoms with Crippen molar-refractivity contribution in [2.75, 3.05) is 6.54 Å². The van der Waals surface area contributed by atoms with E-state index in [1.807, 2.05) is 6.92 Å². The molecule has 1 aliphatic rings. The van der Waals surface area contributed by atoms with Crippen molar-refractivity contribution in [1.29, 1.82) is 0 Å². The van der Waals surface area contributed by atoms with E-state index in [1.54, 1.807) is 0 Å². The first-order chi connectivity index (χ1) is 8.06. The van der Waals surface area contributed by atoms with Crippen LogP contribution in [0.25, 0.3) is 0 Å². The predicted octanol–water partition coefficient (Wildman–Crippen LogP) is 2.33. The zero-order valence-corrected chi connectivity index (χ0v) is 11.4. The third kappa shape index (κ3) is 3.50. The Labute approximate surface area is 104 Å². The number of nitrogens with zero attached hydrogens (tertiary/aromatic N) is 2. The fourth-order valence-electron chi connectivity index (χ4n) is 2.28. The van der Waals surface area contributed by atoms with Crippen molar-refractivity contribution in [3.63, 3.8) is 0 Å². The number of rotatable bonds is 5. The fraction of sp³-hybridized carbons (Fsp3) is 0.714. The molecule has 1 saturated carbocycles. The average molecular weight is 233 g/mol. The van der Waals surface area contributed by atoms with Gasteiger partial charge in [-0.1, -0.05) is 6.92 Å². The lowest BCUT2D eigenvalue weighted by atomic mass is 9.98. The van der Waals surface area contributed by atoms with Crippen molar-refractivity contribution < 1.29 is 0 Å². The molecular formula is C14H23N3. The Balaban J connectivity index is 1.96. The number of nitrogens with one attached hydrogen (secondary N) is 1. The molecule has 0 aromatic carbocycles. The summed E-state index contributed by atoms with van der Waals surface area (Å²) in [6.07, 6.45) is 3.80. The SMILES string of the molecule is Cc1nc(C)c(CC(C)CNC2CC2)c(C)n1. The molecule has 0 saturated heterocycles. The van der Waals surface area contributed by atoms with Gasteiger partial charge in [0.25, 0.3) is 0 Å². The maximum atomic E-state index is 4.46. The Hall–Kier alpha value is -0.960. The Morgan fingerprint density at radius 2 is 1.76 bits per heavy atom. The van der Waals surface area contributed by atoms with Crippen LogP contribution in [-0.4, -0.2) is 22.6 Å². The van der Waals surface area contributed by atoms with Gasteiger partial charge in [0.05, 0.1) is 0 Å². The zero-order valence-electron chi connectivity index (χ0n) is 11.4. The summed E-state index contributed by atoms with van der Waals surface area (Å²) in [5, 5.41) is 3.59. The van der Waals surface area contributed by atoms with E-state index in [2.05, 4.69) is 36.1 Å². The molecule has 0 amide bonds. The van der Waals surface area contributed by atoms with Crippen LogP contribution in [0.5, 0.6) is 0 Å². The Kier molecular flexibility index (Phi) is 3.77. The van der Waals surface area contributed by atoms with Gasteiger partial charge in [-0.3, -0.25) is 0 Å². The predicted molar refractivity (Wildman–Crippen MR) is 70.1 cm³/mol. The lowest BCUT2D eigenvalue weighted by Crippen LogP contribution is -2.24. The molecule has 1 N–H and O–H groups in total. The van der Waals surface area contributed by atoms with E-state index in [0.717, 1.165) is 36.2 Å². The van der Waals surface area contributed by atoms with Gasteiger partial charge in [0, 0.05) is 17.4 Å². The molecule has 2 rings (SSSR count). The second-order valence-corrected chi connectivity index (χ2v) is 5.41. The van der Waals surface area contributed by atoms with E-state index in [9.17, 15) is 0 Å². The summed E-state index contributed by atoms with van der Waals surface area (Å²) in [4.78, 5) is 8.93. The minimum Gasteiger partial charge on any atom is -0.314 e. The monoisotopic (exact) mass is 233 g/mol. The molecule has 1 fully saturated rings. The summed E-state index contributed by atoms with van der Waals surface area (Å²) in [5.74, 6) is 1.53. The molecule has 0 bridgehead atoms. The summed E-state index contributed by atoms with van der Waals surface area (Å²) >= 11 is 0. The minimum atomic E-state index is 0.652. The van der Waals surface area contributed by atoms with Gasteiger partial charge in [-0.2, -0.15) is 0 Å².